The van der Waals surface area contributed by atoms with Crippen LogP contribution in [0.1, 0.15) is 39.9 Å². The summed E-state index contributed by atoms with van der Waals surface area (Å²) < 4.78 is 0. The summed E-state index contributed by atoms with van der Waals surface area (Å²) in [5.41, 5.74) is 3.85. The van der Waals surface area contributed by atoms with E-state index in [0.29, 0.717) is 6.54 Å². The first-order valence-electron chi connectivity index (χ1n) is 8.19. The lowest BCUT2D eigenvalue weighted by molar-refractivity contribution is 0.0950. The number of hydrogen-bond acceptors (Lipinski definition) is 3. The smallest absolute Gasteiger partial charge is 0.251 e. The van der Waals surface area contributed by atoms with Crippen molar-refractivity contribution in [2.24, 2.45) is 0 Å². The average Bonchev–Trinajstić information content (AvgIpc) is 3.10. The molecule has 0 spiro atoms. The first-order valence-corrected chi connectivity index (χ1v) is 8.19. The second kappa shape index (κ2) is 6.82. The summed E-state index contributed by atoms with van der Waals surface area (Å²) in [6.07, 6.45) is 4.35. The van der Waals surface area contributed by atoms with Crippen molar-refractivity contribution in [2.75, 3.05) is 18.0 Å². The maximum atomic E-state index is 12.3. The van der Waals surface area contributed by atoms with Crippen LogP contribution in [0.25, 0.3) is 0 Å². The van der Waals surface area contributed by atoms with Crippen molar-refractivity contribution in [3.8, 4) is 0 Å². The fourth-order valence-corrected chi connectivity index (χ4v) is 2.91. The van der Waals surface area contributed by atoms with Crippen LogP contribution >= 0.6 is 0 Å². The summed E-state index contributed by atoms with van der Waals surface area (Å²) in [5.74, 6) is 1.00. The number of hydrogen-bond donors (Lipinski definition) is 1. The van der Waals surface area contributed by atoms with E-state index in [-0.39, 0.29) is 5.91 Å². The maximum Gasteiger partial charge on any atom is 0.251 e. The standard InChI is InChI=1S/C19H23N3O/c1-14-5-6-15(2)17(11-14)19(23)21-13-16-7-8-18(20-12-16)22-9-3-4-10-22/h5-8,11-12H,3-4,9-10,13H2,1-2H3,(H,21,23). The lowest BCUT2D eigenvalue weighted by Crippen LogP contribution is -2.24. The van der Waals surface area contributed by atoms with Gasteiger partial charge in [0.15, 0.2) is 0 Å². The Morgan fingerprint density at radius 2 is 1.96 bits per heavy atom. The number of pyridine rings is 1. The SMILES string of the molecule is Cc1ccc(C)c(C(=O)NCc2ccc(N3CCCC3)nc2)c1. The van der Waals surface area contributed by atoms with E-state index >= 15 is 0 Å². The molecule has 0 unspecified atom stereocenters. The zero-order chi connectivity index (χ0) is 16.2. The first kappa shape index (κ1) is 15.5. The Balaban J connectivity index is 1.61. The van der Waals surface area contributed by atoms with E-state index < -0.39 is 0 Å². The quantitative estimate of drug-likeness (QED) is 0.943. The van der Waals surface area contributed by atoms with Crippen molar-refractivity contribution in [1.29, 1.82) is 0 Å². The van der Waals surface area contributed by atoms with Gasteiger partial charge in [0.05, 0.1) is 0 Å². The molecule has 3 rings (SSSR count). The Morgan fingerprint density at radius 3 is 2.65 bits per heavy atom. The number of nitrogens with zero attached hydrogens (tertiary/aromatic N) is 2. The van der Waals surface area contributed by atoms with Crippen molar-refractivity contribution in [2.45, 2.75) is 33.2 Å². The molecule has 4 heteroatoms. The predicted molar refractivity (Wildman–Crippen MR) is 92.8 cm³/mol. The zero-order valence-electron chi connectivity index (χ0n) is 13.8. The van der Waals surface area contributed by atoms with Gasteiger partial charge in [-0.15, -0.1) is 0 Å². The lowest BCUT2D eigenvalue weighted by Gasteiger charge is -2.16. The van der Waals surface area contributed by atoms with E-state index in [4.69, 9.17) is 0 Å². The van der Waals surface area contributed by atoms with Gasteiger partial charge in [0.25, 0.3) is 5.91 Å². The fraction of sp³-hybridized carbons (Fsp3) is 0.368. The second-order valence-electron chi connectivity index (χ2n) is 6.22. The number of aromatic nitrogens is 1. The third kappa shape index (κ3) is 3.70. The molecule has 1 aromatic heterocycles. The second-order valence-corrected chi connectivity index (χ2v) is 6.22. The van der Waals surface area contributed by atoms with Gasteiger partial charge in [-0.25, -0.2) is 4.98 Å². The van der Waals surface area contributed by atoms with Crippen molar-refractivity contribution >= 4 is 11.7 Å². The molecule has 1 aliphatic rings. The largest absolute Gasteiger partial charge is 0.357 e. The number of nitrogens with one attached hydrogen (secondary N) is 1. The Hall–Kier alpha value is -2.36. The number of carbonyl (C=O) groups excluding carboxylic acids is 1. The monoisotopic (exact) mass is 309 g/mol. The molecule has 1 N–H and O–H groups in total. The highest BCUT2D eigenvalue weighted by molar-refractivity contribution is 5.95. The zero-order valence-corrected chi connectivity index (χ0v) is 13.8. The molecule has 4 nitrogen and oxygen atoms in total. The molecule has 0 aliphatic carbocycles. The van der Waals surface area contributed by atoms with Crippen LogP contribution in [0.4, 0.5) is 5.82 Å². The summed E-state index contributed by atoms with van der Waals surface area (Å²) >= 11 is 0. The average molecular weight is 309 g/mol. The summed E-state index contributed by atoms with van der Waals surface area (Å²) in [6.45, 7) is 6.64. The number of amides is 1. The minimum atomic E-state index is -0.0326. The van der Waals surface area contributed by atoms with Gasteiger partial charge >= 0.3 is 0 Å². The molecule has 1 aromatic carbocycles. The molecule has 2 heterocycles. The summed E-state index contributed by atoms with van der Waals surface area (Å²) in [5, 5.41) is 2.98. The van der Waals surface area contributed by atoms with Crippen LogP contribution in [0, 0.1) is 13.8 Å². The molecule has 1 aliphatic heterocycles. The van der Waals surface area contributed by atoms with Crippen LogP contribution in [-0.4, -0.2) is 24.0 Å². The predicted octanol–water partition coefficient (Wildman–Crippen LogP) is 3.23. The number of rotatable bonds is 4. The molecule has 1 saturated heterocycles. The van der Waals surface area contributed by atoms with Crippen LogP contribution in [0.3, 0.4) is 0 Å². The summed E-state index contributed by atoms with van der Waals surface area (Å²) in [6, 6.07) is 10.0. The Labute approximate surface area is 137 Å². The van der Waals surface area contributed by atoms with E-state index in [0.717, 1.165) is 41.2 Å². The normalized spacial score (nSPS) is 14.1. The van der Waals surface area contributed by atoms with Gasteiger partial charge in [-0.1, -0.05) is 23.8 Å². The number of carbonyl (C=O) groups is 1. The minimum absolute atomic E-state index is 0.0326. The fourth-order valence-electron chi connectivity index (χ4n) is 2.91. The maximum absolute atomic E-state index is 12.3. The Kier molecular flexibility index (Phi) is 4.60. The molecule has 23 heavy (non-hydrogen) atoms. The molecule has 0 atom stereocenters. The van der Waals surface area contributed by atoms with Crippen molar-refractivity contribution in [3.05, 3.63) is 58.8 Å². The van der Waals surface area contributed by atoms with Crippen LogP contribution < -0.4 is 10.2 Å². The van der Waals surface area contributed by atoms with E-state index in [1.165, 1.54) is 12.8 Å². The molecule has 0 saturated carbocycles. The molecule has 2 aromatic rings. The van der Waals surface area contributed by atoms with Gasteiger partial charge in [0.2, 0.25) is 0 Å². The first-order chi connectivity index (χ1) is 11.1. The summed E-state index contributed by atoms with van der Waals surface area (Å²) in [4.78, 5) is 19.1. The molecule has 1 amide bonds. The van der Waals surface area contributed by atoms with Crippen molar-refractivity contribution in [3.63, 3.8) is 0 Å². The van der Waals surface area contributed by atoms with E-state index in [9.17, 15) is 4.79 Å². The highest BCUT2D eigenvalue weighted by Crippen LogP contribution is 2.17. The molecular weight excluding hydrogens is 286 g/mol. The highest BCUT2D eigenvalue weighted by atomic mass is 16.1. The number of benzene rings is 1. The number of anilines is 1. The van der Waals surface area contributed by atoms with Crippen LogP contribution in [0.2, 0.25) is 0 Å². The number of aryl methyl sites for hydroxylation is 2. The van der Waals surface area contributed by atoms with Gasteiger partial charge in [-0.2, -0.15) is 0 Å². The molecular formula is C19H23N3O. The van der Waals surface area contributed by atoms with Crippen molar-refractivity contribution < 1.29 is 4.79 Å². The third-order valence-electron chi connectivity index (χ3n) is 4.33. The minimum Gasteiger partial charge on any atom is -0.357 e. The van der Waals surface area contributed by atoms with Gasteiger partial charge in [-0.05, 0) is 49.9 Å². The third-order valence-corrected chi connectivity index (χ3v) is 4.33. The van der Waals surface area contributed by atoms with Gasteiger partial charge < -0.3 is 10.2 Å². The van der Waals surface area contributed by atoms with Gasteiger partial charge in [-0.3, -0.25) is 4.79 Å². The Bertz CT molecular complexity index is 688. The molecule has 1 fully saturated rings. The van der Waals surface area contributed by atoms with E-state index in [1.54, 1.807) is 0 Å². The Morgan fingerprint density at radius 1 is 1.17 bits per heavy atom. The van der Waals surface area contributed by atoms with E-state index in [1.807, 2.05) is 50.4 Å². The molecule has 120 valence electrons. The van der Waals surface area contributed by atoms with E-state index in [2.05, 4.69) is 15.2 Å². The van der Waals surface area contributed by atoms with Crippen molar-refractivity contribution in [1.82, 2.24) is 10.3 Å². The topological polar surface area (TPSA) is 45.2 Å². The summed E-state index contributed by atoms with van der Waals surface area (Å²) in [7, 11) is 0. The van der Waals surface area contributed by atoms with Crippen LogP contribution in [0.5, 0.6) is 0 Å². The molecule has 0 radical (unpaired) electrons. The lowest BCUT2D eigenvalue weighted by atomic mass is 10.1. The van der Waals surface area contributed by atoms with Gasteiger partial charge in [0, 0.05) is 31.4 Å². The van der Waals surface area contributed by atoms with Gasteiger partial charge in [0.1, 0.15) is 5.82 Å². The highest BCUT2D eigenvalue weighted by Gasteiger charge is 2.13. The molecule has 0 bridgehead atoms. The van der Waals surface area contributed by atoms with Crippen LogP contribution in [0.15, 0.2) is 36.5 Å². The van der Waals surface area contributed by atoms with Crippen LogP contribution in [-0.2, 0) is 6.54 Å².